The average Bonchev–Trinajstić information content (AvgIpc) is 2.58. The molecule has 0 fully saturated rings. The number of nitrogens with zero attached hydrogens (tertiary/aromatic N) is 1. The maximum atomic E-state index is 12.2. The number of hydrogen-bond acceptors (Lipinski definition) is 4. The van der Waals surface area contributed by atoms with Crippen LogP contribution in [-0.2, 0) is 9.53 Å². The largest absolute Gasteiger partial charge is 0.449 e. The van der Waals surface area contributed by atoms with Crippen LogP contribution in [-0.4, -0.2) is 43.1 Å². The Labute approximate surface area is 149 Å². The summed E-state index contributed by atoms with van der Waals surface area (Å²) in [5, 5.41) is 5.72. The van der Waals surface area contributed by atoms with Crippen LogP contribution in [0.15, 0.2) is 49.6 Å². The summed E-state index contributed by atoms with van der Waals surface area (Å²) in [5.41, 5.74) is 1.33. The highest BCUT2D eigenvalue weighted by Crippen LogP contribution is 2.15. The van der Waals surface area contributed by atoms with E-state index in [-0.39, 0.29) is 18.4 Å². The first-order valence-electron chi connectivity index (χ1n) is 8.23. The normalized spacial score (nSPS) is 10.0. The predicted molar refractivity (Wildman–Crippen MR) is 102 cm³/mol. The molecule has 0 atom stereocenters. The number of rotatable bonds is 10. The van der Waals surface area contributed by atoms with Gasteiger partial charge in [-0.1, -0.05) is 32.1 Å². The molecule has 25 heavy (non-hydrogen) atoms. The van der Waals surface area contributed by atoms with Gasteiger partial charge < -0.3 is 15.0 Å². The van der Waals surface area contributed by atoms with Crippen molar-refractivity contribution < 1.29 is 14.3 Å². The van der Waals surface area contributed by atoms with Gasteiger partial charge in [-0.3, -0.25) is 10.1 Å². The van der Waals surface area contributed by atoms with E-state index in [4.69, 9.17) is 4.74 Å². The molecule has 0 aromatic heterocycles. The van der Waals surface area contributed by atoms with Gasteiger partial charge in [-0.25, -0.2) is 4.79 Å². The second kappa shape index (κ2) is 10.9. The third-order valence-electron chi connectivity index (χ3n) is 3.15. The molecule has 136 valence electrons. The Morgan fingerprint density at radius 2 is 1.84 bits per heavy atom. The van der Waals surface area contributed by atoms with E-state index >= 15 is 0 Å². The summed E-state index contributed by atoms with van der Waals surface area (Å²) in [6.07, 6.45) is 2.86. The summed E-state index contributed by atoms with van der Waals surface area (Å²) in [6.45, 7) is 12.7. The minimum absolute atomic E-state index is 0.0606. The molecular formula is C19H27N3O3. The molecule has 0 unspecified atom stereocenters. The highest BCUT2D eigenvalue weighted by Gasteiger charge is 2.10. The zero-order chi connectivity index (χ0) is 18.7. The highest BCUT2D eigenvalue weighted by atomic mass is 16.5. The van der Waals surface area contributed by atoms with Crippen LogP contribution in [0.4, 0.5) is 16.2 Å². The maximum absolute atomic E-state index is 12.2. The first kappa shape index (κ1) is 20.3. The number of carbonyl (C=O) groups excluding carboxylic acids is 2. The van der Waals surface area contributed by atoms with E-state index < -0.39 is 6.09 Å². The van der Waals surface area contributed by atoms with E-state index in [0.29, 0.717) is 25.4 Å². The first-order chi connectivity index (χ1) is 12.0. The van der Waals surface area contributed by atoms with E-state index in [1.54, 1.807) is 35.3 Å². The summed E-state index contributed by atoms with van der Waals surface area (Å²) in [6, 6.07) is 7.11. The fourth-order valence-corrected chi connectivity index (χ4v) is 1.98. The maximum Gasteiger partial charge on any atom is 0.411 e. The van der Waals surface area contributed by atoms with Crippen molar-refractivity contribution in [3.63, 3.8) is 0 Å². The average molecular weight is 345 g/mol. The molecule has 2 amide bonds. The van der Waals surface area contributed by atoms with Gasteiger partial charge in [-0.15, -0.1) is 13.2 Å². The molecule has 0 saturated carbocycles. The van der Waals surface area contributed by atoms with Crippen LogP contribution in [0, 0.1) is 5.92 Å². The van der Waals surface area contributed by atoms with Crippen molar-refractivity contribution in [3.05, 3.63) is 49.6 Å². The molecule has 0 aliphatic carbocycles. The lowest BCUT2D eigenvalue weighted by Crippen LogP contribution is -2.35. The standard InChI is InChI=1S/C19H27N3O3/c1-5-10-22(11-6-2)18(23)13-20-16-8-7-9-17(12-16)21-19(24)25-14-15(3)4/h5-9,12,15,20H,1-2,10-11,13-14H2,3-4H3,(H,21,24). The van der Waals surface area contributed by atoms with Crippen LogP contribution in [0.2, 0.25) is 0 Å². The molecule has 0 aliphatic rings. The zero-order valence-corrected chi connectivity index (χ0v) is 15.0. The minimum atomic E-state index is -0.495. The summed E-state index contributed by atoms with van der Waals surface area (Å²) >= 11 is 0. The van der Waals surface area contributed by atoms with Gasteiger partial charge in [0, 0.05) is 24.5 Å². The van der Waals surface area contributed by atoms with E-state index in [1.807, 2.05) is 19.9 Å². The molecule has 0 radical (unpaired) electrons. The van der Waals surface area contributed by atoms with Gasteiger partial charge >= 0.3 is 6.09 Å². The lowest BCUT2D eigenvalue weighted by atomic mass is 10.2. The summed E-state index contributed by atoms with van der Waals surface area (Å²) in [7, 11) is 0. The molecule has 0 heterocycles. The summed E-state index contributed by atoms with van der Waals surface area (Å²) in [5.74, 6) is 0.216. The van der Waals surface area contributed by atoms with E-state index in [1.165, 1.54) is 0 Å². The molecule has 6 nitrogen and oxygen atoms in total. The SMILES string of the molecule is C=CCN(CC=C)C(=O)CNc1cccc(NC(=O)OCC(C)C)c1. The Morgan fingerprint density at radius 1 is 1.20 bits per heavy atom. The molecule has 1 aromatic carbocycles. The van der Waals surface area contributed by atoms with Gasteiger partial charge in [0.05, 0.1) is 13.2 Å². The number of carbonyl (C=O) groups is 2. The molecule has 0 saturated heterocycles. The smallest absolute Gasteiger partial charge is 0.411 e. The molecule has 0 spiro atoms. The van der Waals surface area contributed by atoms with Crippen LogP contribution >= 0.6 is 0 Å². The predicted octanol–water partition coefficient (Wildman–Crippen LogP) is 3.50. The Bertz CT molecular complexity index is 589. The summed E-state index contributed by atoms with van der Waals surface area (Å²) < 4.78 is 5.08. The van der Waals surface area contributed by atoms with E-state index in [9.17, 15) is 9.59 Å². The van der Waals surface area contributed by atoms with E-state index in [2.05, 4.69) is 23.8 Å². The molecular weight excluding hydrogens is 318 g/mol. The van der Waals surface area contributed by atoms with Gasteiger partial charge in [0.2, 0.25) is 5.91 Å². The van der Waals surface area contributed by atoms with Crippen molar-refractivity contribution in [2.45, 2.75) is 13.8 Å². The molecule has 1 aromatic rings. The third-order valence-corrected chi connectivity index (χ3v) is 3.15. The Kier molecular flexibility index (Phi) is 8.85. The topological polar surface area (TPSA) is 70.7 Å². The van der Waals surface area contributed by atoms with Crippen molar-refractivity contribution in [1.82, 2.24) is 4.90 Å². The summed E-state index contributed by atoms with van der Waals surface area (Å²) in [4.78, 5) is 25.5. The van der Waals surface area contributed by atoms with Gasteiger partial charge in [0.1, 0.15) is 0 Å². The Morgan fingerprint density at radius 3 is 2.44 bits per heavy atom. The van der Waals surface area contributed by atoms with E-state index in [0.717, 1.165) is 5.69 Å². The number of ether oxygens (including phenoxy) is 1. The van der Waals surface area contributed by atoms with Crippen LogP contribution in [0.25, 0.3) is 0 Å². The van der Waals surface area contributed by atoms with Crippen LogP contribution in [0.5, 0.6) is 0 Å². The van der Waals surface area contributed by atoms with Crippen molar-refractivity contribution in [2.24, 2.45) is 5.92 Å². The fraction of sp³-hybridized carbons (Fsp3) is 0.368. The second-order valence-electron chi connectivity index (χ2n) is 5.93. The molecule has 1 rings (SSSR count). The van der Waals surface area contributed by atoms with Gasteiger partial charge in [0.15, 0.2) is 0 Å². The van der Waals surface area contributed by atoms with Crippen molar-refractivity contribution in [2.75, 3.05) is 36.9 Å². The number of nitrogens with one attached hydrogen (secondary N) is 2. The highest BCUT2D eigenvalue weighted by molar-refractivity contribution is 5.86. The van der Waals surface area contributed by atoms with Crippen molar-refractivity contribution in [3.8, 4) is 0 Å². The second-order valence-corrected chi connectivity index (χ2v) is 5.93. The lowest BCUT2D eigenvalue weighted by molar-refractivity contribution is -0.128. The third kappa shape index (κ3) is 8.06. The Hall–Kier alpha value is -2.76. The van der Waals surface area contributed by atoms with Crippen molar-refractivity contribution >= 4 is 23.4 Å². The quantitative estimate of drug-likeness (QED) is 0.637. The van der Waals surface area contributed by atoms with Gasteiger partial charge in [-0.2, -0.15) is 0 Å². The van der Waals surface area contributed by atoms with Crippen LogP contribution in [0.1, 0.15) is 13.8 Å². The Balaban J connectivity index is 2.57. The monoisotopic (exact) mass is 345 g/mol. The molecule has 0 bridgehead atoms. The van der Waals surface area contributed by atoms with Gasteiger partial charge in [-0.05, 0) is 24.1 Å². The minimum Gasteiger partial charge on any atom is -0.449 e. The first-order valence-corrected chi connectivity index (χ1v) is 8.23. The molecule has 2 N–H and O–H groups in total. The number of hydrogen-bond donors (Lipinski definition) is 2. The number of benzene rings is 1. The van der Waals surface area contributed by atoms with Gasteiger partial charge in [0.25, 0.3) is 0 Å². The number of anilines is 2. The van der Waals surface area contributed by atoms with Crippen molar-refractivity contribution in [1.29, 1.82) is 0 Å². The molecule has 6 heteroatoms. The molecule has 0 aliphatic heterocycles. The fourth-order valence-electron chi connectivity index (χ4n) is 1.98. The van der Waals surface area contributed by atoms with Crippen LogP contribution < -0.4 is 10.6 Å². The zero-order valence-electron chi connectivity index (χ0n) is 15.0. The lowest BCUT2D eigenvalue weighted by Gasteiger charge is -2.20. The van der Waals surface area contributed by atoms with Crippen LogP contribution in [0.3, 0.4) is 0 Å². The number of amides is 2.